The number of anilines is 1. The molecule has 2 heterocycles. The zero-order valence-electron chi connectivity index (χ0n) is 11.7. The first kappa shape index (κ1) is 13.4. The maximum Gasteiger partial charge on any atom is 0.244 e. The third-order valence-electron chi connectivity index (χ3n) is 3.93. The van der Waals surface area contributed by atoms with E-state index in [1.807, 2.05) is 29.2 Å². The molecule has 3 rings (SSSR count). The minimum Gasteiger partial charge on any atom is -0.491 e. The molecule has 20 heavy (non-hydrogen) atoms. The molecule has 5 heteroatoms. The summed E-state index contributed by atoms with van der Waals surface area (Å²) in [6.07, 6.45) is 1.71. The highest BCUT2D eigenvalue weighted by Crippen LogP contribution is 2.31. The summed E-state index contributed by atoms with van der Waals surface area (Å²) >= 11 is 0. The van der Waals surface area contributed by atoms with Gasteiger partial charge in [0.2, 0.25) is 5.91 Å². The molecule has 2 aliphatic rings. The van der Waals surface area contributed by atoms with Crippen molar-refractivity contribution < 1.29 is 14.3 Å². The molecule has 1 amide bonds. The molecular formula is C15H20N2O3. The largest absolute Gasteiger partial charge is 0.491 e. The van der Waals surface area contributed by atoms with Crippen LogP contribution in [0.15, 0.2) is 24.3 Å². The normalized spacial score (nSPS) is 25.8. The van der Waals surface area contributed by atoms with Crippen LogP contribution >= 0.6 is 0 Å². The van der Waals surface area contributed by atoms with E-state index in [-0.39, 0.29) is 18.1 Å². The zero-order chi connectivity index (χ0) is 13.9. The summed E-state index contributed by atoms with van der Waals surface area (Å²) in [7, 11) is 1.69. The number of amides is 1. The molecule has 0 bridgehead atoms. The van der Waals surface area contributed by atoms with Crippen molar-refractivity contribution in [1.82, 2.24) is 5.32 Å². The topological polar surface area (TPSA) is 50.8 Å². The van der Waals surface area contributed by atoms with Crippen molar-refractivity contribution in [2.45, 2.75) is 25.0 Å². The fourth-order valence-electron chi connectivity index (χ4n) is 2.82. The Hall–Kier alpha value is -1.59. The Bertz CT molecular complexity index is 492. The predicted molar refractivity (Wildman–Crippen MR) is 76.1 cm³/mol. The Balaban J connectivity index is 1.81. The van der Waals surface area contributed by atoms with Crippen molar-refractivity contribution in [3.63, 3.8) is 0 Å². The number of fused-ring (bicyclic) bond motifs is 1. The molecule has 1 aromatic carbocycles. The second-order valence-corrected chi connectivity index (χ2v) is 5.21. The van der Waals surface area contributed by atoms with Crippen LogP contribution in [0.5, 0.6) is 5.75 Å². The SMILES string of the molecule is COC1CNC(C(=O)N2CCCOc3ccccc32)C1. The summed E-state index contributed by atoms with van der Waals surface area (Å²) in [6.45, 7) is 2.09. The minimum atomic E-state index is -0.161. The second kappa shape index (κ2) is 5.81. The lowest BCUT2D eigenvalue weighted by atomic mass is 10.1. The highest BCUT2D eigenvalue weighted by atomic mass is 16.5. The van der Waals surface area contributed by atoms with Crippen molar-refractivity contribution in [1.29, 1.82) is 0 Å². The number of carbonyl (C=O) groups excluding carboxylic acids is 1. The fourth-order valence-corrected chi connectivity index (χ4v) is 2.82. The third-order valence-corrected chi connectivity index (χ3v) is 3.93. The summed E-state index contributed by atoms with van der Waals surface area (Å²) in [5, 5.41) is 3.25. The van der Waals surface area contributed by atoms with Gasteiger partial charge in [0.05, 0.1) is 24.4 Å². The van der Waals surface area contributed by atoms with E-state index in [1.54, 1.807) is 7.11 Å². The van der Waals surface area contributed by atoms with Crippen molar-refractivity contribution >= 4 is 11.6 Å². The van der Waals surface area contributed by atoms with Gasteiger partial charge in [-0.2, -0.15) is 0 Å². The predicted octanol–water partition coefficient (Wildman–Crippen LogP) is 1.18. The Morgan fingerprint density at radius 2 is 2.30 bits per heavy atom. The Labute approximate surface area is 118 Å². The number of benzene rings is 1. The van der Waals surface area contributed by atoms with Gasteiger partial charge >= 0.3 is 0 Å². The van der Waals surface area contributed by atoms with Crippen LogP contribution < -0.4 is 15.0 Å². The number of nitrogens with zero attached hydrogens (tertiary/aromatic N) is 1. The van der Waals surface area contributed by atoms with E-state index < -0.39 is 0 Å². The highest BCUT2D eigenvalue weighted by molar-refractivity contribution is 5.98. The number of para-hydroxylation sites is 2. The second-order valence-electron chi connectivity index (χ2n) is 5.21. The Morgan fingerprint density at radius 3 is 3.10 bits per heavy atom. The standard InChI is InChI=1S/C15H20N2O3/c1-19-11-9-12(16-10-11)15(18)17-7-4-8-20-14-6-3-2-5-13(14)17/h2-3,5-6,11-12,16H,4,7-10H2,1H3. The number of ether oxygens (including phenoxy) is 2. The van der Waals surface area contributed by atoms with E-state index in [0.717, 1.165) is 30.8 Å². The number of nitrogens with one attached hydrogen (secondary N) is 1. The van der Waals surface area contributed by atoms with Gasteiger partial charge in [0.1, 0.15) is 5.75 Å². The maximum atomic E-state index is 12.7. The Kier molecular flexibility index (Phi) is 3.89. The van der Waals surface area contributed by atoms with Gasteiger partial charge in [-0.15, -0.1) is 0 Å². The van der Waals surface area contributed by atoms with Gasteiger partial charge in [-0.25, -0.2) is 0 Å². The van der Waals surface area contributed by atoms with Gasteiger partial charge in [0.25, 0.3) is 0 Å². The van der Waals surface area contributed by atoms with E-state index in [9.17, 15) is 4.79 Å². The van der Waals surface area contributed by atoms with Gasteiger partial charge < -0.3 is 19.7 Å². The average molecular weight is 276 g/mol. The van der Waals surface area contributed by atoms with Crippen LogP contribution in [0.2, 0.25) is 0 Å². The quantitative estimate of drug-likeness (QED) is 0.881. The van der Waals surface area contributed by atoms with E-state index in [1.165, 1.54) is 0 Å². The van der Waals surface area contributed by atoms with Crippen molar-refractivity contribution in [2.75, 3.05) is 31.7 Å². The van der Waals surface area contributed by atoms with Gasteiger partial charge in [0, 0.05) is 20.2 Å². The molecule has 0 saturated carbocycles. The lowest BCUT2D eigenvalue weighted by molar-refractivity contribution is -0.120. The number of carbonyl (C=O) groups is 1. The molecule has 2 atom stereocenters. The summed E-state index contributed by atoms with van der Waals surface area (Å²) in [4.78, 5) is 14.6. The molecule has 1 fully saturated rings. The van der Waals surface area contributed by atoms with Crippen molar-refractivity contribution in [3.8, 4) is 5.75 Å². The van der Waals surface area contributed by atoms with Crippen LogP contribution in [0, 0.1) is 0 Å². The molecule has 1 saturated heterocycles. The number of hydrogen-bond donors (Lipinski definition) is 1. The molecule has 2 unspecified atom stereocenters. The van der Waals surface area contributed by atoms with Crippen molar-refractivity contribution in [2.24, 2.45) is 0 Å². The minimum absolute atomic E-state index is 0.113. The van der Waals surface area contributed by atoms with Crippen LogP contribution in [0.4, 0.5) is 5.69 Å². The summed E-state index contributed by atoms with van der Waals surface area (Å²) < 4.78 is 11.0. The van der Waals surface area contributed by atoms with Crippen LogP contribution in [-0.4, -0.2) is 44.9 Å². The summed E-state index contributed by atoms with van der Waals surface area (Å²) in [5.41, 5.74) is 0.873. The van der Waals surface area contributed by atoms with Crippen LogP contribution in [0.25, 0.3) is 0 Å². The molecule has 0 aliphatic carbocycles. The molecule has 1 aromatic rings. The van der Waals surface area contributed by atoms with Crippen molar-refractivity contribution in [3.05, 3.63) is 24.3 Å². The third kappa shape index (κ3) is 2.51. The fraction of sp³-hybridized carbons (Fsp3) is 0.533. The monoisotopic (exact) mass is 276 g/mol. The molecule has 108 valence electrons. The van der Waals surface area contributed by atoms with Gasteiger partial charge in [0.15, 0.2) is 0 Å². The van der Waals surface area contributed by atoms with Gasteiger partial charge in [-0.1, -0.05) is 12.1 Å². The van der Waals surface area contributed by atoms with Gasteiger partial charge in [-0.05, 0) is 25.0 Å². The van der Waals surface area contributed by atoms with Gasteiger partial charge in [-0.3, -0.25) is 4.79 Å². The van der Waals surface area contributed by atoms with Crippen LogP contribution in [0.3, 0.4) is 0 Å². The number of methoxy groups -OCH3 is 1. The van der Waals surface area contributed by atoms with E-state index >= 15 is 0 Å². The molecular weight excluding hydrogens is 256 g/mol. The molecule has 1 N–H and O–H groups in total. The molecule has 0 aromatic heterocycles. The lowest BCUT2D eigenvalue weighted by Crippen LogP contribution is -2.44. The van der Waals surface area contributed by atoms with Crippen LogP contribution in [0.1, 0.15) is 12.8 Å². The van der Waals surface area contributed by atoms with E-state index in [0.29, 0.717) is 13.2 Å². The first-order valence-electron chi connectivity index (χ1n) is 7.09. The first-order chi connectivity index (χ1) is 9.79. The first-order valence-corrected chi connectivity index (χ1v) is 7.09. The summed E-state index contributed by atoms with van der Waals surface area (Å²) in [6, 6.07) is 7.57. The van der Waals surface area contributed by atoms with Crippen LogP contribution in [-0.2, 0) is 9.53 Å². The molecule has 0 spiro atoms. The van der Waals surface area contributed by atoms with E-state index in [2.05, 4.69) is 5.32 Å². The number of hydrogen-bond acceptors (Lipinski definition) is 4. The number of rotatable bonds is 2. The highest BCUT2D eigenvalue weighted by Gasteiger charge is 2.34. The Morgan fingerprint density at radius 1 is 1.45 bits per heavy atom. The average Bonchev–Trinajstić information content (AvgIpc) is 2.86. The van der Waals surface area contributed by atoms with E-state index in [4.69, 9.17) is 9.47 Å². The smallest absolute Gasteiger partial charge is 0.244 e. The molecule has 2 aliphatic heterocycles. The zero-order valence-corrected chi connectivity index (χ0v) is 11.7. The molecule has 0 radical (unpaired) electrons. The maximum absolute atomic E-state index is 12.7. The summed E-state index contributed by atoms with van der Waals surface area (Å²) in [5.74, 6) is 0.905. The molecule has 5 nitrogen and oxygen atoms in total. The lowest BCUT2D eigenvalue weighted by Gasteiger charge is -2.24.